The molecule has 4 saturated carbocycles. The zero-order valence-electron chi connectivity index (χ0n) is 8.71. The van der Waals surface area contributed by atoms with E-state index in [0.29, 0.717) is 5.41 Å². The fraction of sp³-hybridized carbons (Fsp3) is 1.00. The Hall–Kier alpha value is -0.0400. The molecule has 4 rings (SSSR count). The van der Waals surface area contributed by atoms with Gasteiger partial charge in [-0.3, -0.25) is 0 Å². The average molecular weight is 196 g/mol. The van der Waals surface area contributed by atoms with Gasteiger partial charge < -0.3 is 5.11 Å². The zero-order chi connectivity index (χ0) is 9.27. The van der Waals surface area contributed by atoms with E-state index in [0.717, 1.165) is 37.0 Å². The first-order valence-electron chi connectivity index (χ1n) is 5.73. The van der Waals surface area contributed by atoms with Gasteiger partial charge in [0.15, 0.2) is 0 Å². The van der Waals surface area contributed by atoms with Crippen LogP contribution < -0.4 is 0 Å². The Labute approximate surface area is 87.9 Å². The first-order chi connectivity index (χ1) is 6.01. The van der Waals surface area contributed by atoms with Crippen LogP contribution in [0.3, 0.4) is 0 Å². The number of hydrogen-bond donors (Lipinski definition) is 1. The van der Waals surface area contributed by atoms with E-state index in [1.165, 1.54) is 12.8 Å². The normalized spacial score (nSPS) is 59.8. The zero-order valence-corrected chi connectivity index (χ0v) is 8.71. The molecule has 14 heavy (non-hydrogen) atoms. The maximum atomic E-state index is 10.4. The van der Waals surface area contributed by atoms with Crippen molar-refractivity contribution in [3.63, 3.8) is 0 Å². The summed E-state index contributed by atoms with van der Waals surface area (Å²) >= 11 is 0. The summed E-state index contributed by atoms with van der Waals surface area (Å²) in [5.74, 6) is 2.53. The van der Waals surface area contributed by atoms with Crippen LogP contribution in [0.1, 0.15) is 53.4 Å². The first kappa shape index (κ1) is 10.5. The van der Waals surface area contributed by atoms with E-state index < -0.39 is 0 Å². The molecule has 82 valence electrons. The van der Waals surface area contributed by atoms with Crippen molar-refractivity contribution in [3.05, 3.63) is 0 Å². The van der Waals surface area contributed by atoms with E-state index in [9.17, 15) is 5.11 Å². The molecule has 1 N–H and O–H groups in total. The summed E-state index contributed by atoms with van der Waals surface area (Å²) in [4.78, 5) is 0. The maximum Gasteiger partial charge on any atom is 0.0658 e. The highest BCUT2D eigenvalue weighted by atomic mass is 16.3. The molecule has 5 unspecified atom stereocenters. The van der Waals surface area contributed by atoms with Crippen molar-refractivity contribution in [3.8, 4) is 0 Å². The molecule has 1 heteroatoms. The fourth-order valence-corrected chi connectivity index (χ4v) is 4.78. The lowest BCUT2D eigenvalue weighted by atomic mass is 9.44. The molecule has 4 aliphatic rings. The van der Waals surface area contributed by atoms with Gasteiger partial charge in [0.25, 0.3) is 0 Å². The van der Waals surface area contributed by atoms with E-state index in [1.807, 2.05) is 0 Å². The second-order valence-corrected chi connectivity index (χ2v) is 6.32. The van der Waals surface area contributed by atoms with E-state index in [1.54, 1.807) is 0 Å². The van der Waals surface area contributed by atoms with E-state index in [-0.39, 0.29) is 13.0 Å². The number of aliphatic hydroxyl groups is 1. The summed E-state index contributed by atoms with van der Waals surface area (Å²) in [6.45, 7) is 4.81. The molecular formula is C13H24O. The van der Waals surface area contributed by atoms with Crippen LogP contribution in [0, 0.1) is 23.2 Å². The fourth-order valence-electron chi connectivity index (χ4n) is 4.78. The van der Waals surface area contributed by atoms with E-state index in [2.05, 4.69) is 13.8 Å². The minimum Gasteiger partial charge on any atom is -0.390 e. The minimum atomic E-state index is -0.257. The SMILES string of the molecule is C.CC1C2CC3CC(O)(C2)CC1(C)C3. The molecule has 0 saturated heterocycles. The first-order valence-corrected chi connectivity index (χ1v) is 5.73. The quantitative estimate of drug-likeness (QED) is 0.630. The van der Waals surface area contributed by atoms with Crippen LogP contribution in [0.25, 0.3) is 0 Å². The lowest BCUT2D eigenvalue weighted by Crippen LogP contribution is -2.58. The van der Waals surface area contributed by atoms with Crippen molar-refractivity contribution >= 4 is 0 Å². The molecule has 5 atom stereocenters. The highest BCUT2D eigenvalue weighted by Gasteiger charge is 2.58. The van der Waals surface area contributed by atoms with Gasteiger partial charge in [-0.05, 0) is 55.3 Å². The molecule has 0 aromatic carbocycles. The highest BCUT2D eigenvalue weighted by molar-refractivity contribution is 5.09. The molecule has 1 nitrogen and oxygen atoms in total. The van der Waals surface area contributed by atoms with Gasteiger partial charge >= 0.3 is 0 Å². The monoisotopic (exact) mass is 196 g/mol. The summed E-state index contributed by atoms with van der Waals surface area (Å²) in [7, 11) is 0. The summed E-state index contributed by atoms with van der Waals surface area (Å²) in [5, 5.41) is 10.4. The van der Waals surface area contributed by atoms with Gasteiger partial charge in [-0.25, -0.2) is 0 Å². The Bertz CT molecular complexity index is 250. The van der Waals surface area contributed by atoms with Crippen LogP contribution in [-0.2, 0) is 0 Å². The van der Waals surface area contributed by atoms with Gasteiger partial charge in [0.05, 0.1) is 5.60 Å². The molecule has 0 aromatic rings. The van der Waals surface area contributed by atoms with Crippen LogP contribution in [0.5, 0.6) is 0 Å². The second-order valence-electron chi connectivity index (χ2n) is 6.32. The summed E-state index contributed by atoms with van der Waals surface area (Å²) in [6.07, 6.45) is 6.06. The molecule has 0 radical (unpaired) electrons. The highest BCUT2D eigenvalue weighted by Crippen LogP contribution is 2.63. The van der Waals surface area contributed by atoms with Crippen LogP contribution in [-0.4, -0.2) is 10.7 Å². The van der Waals surface area contributed by atoms with E-state index in [4.69, 9.17) is 0 Å². The Morgan fingerprint density at radius 3 is 2.50 bits per heavy atom. The smallest absolute Gasteiger partial charge is 0.0658 e. The molecule has 0 amide bonds. The number of rotatable bonds is 0. The Morgan fingerprint density at radius 1 is 1.21 bits per heavy atom. The molecule has 0 aromatic heterocycles. The second kappa shape index (κ2) is 2.75. The average Bonchev–Trinajstić information content (AvgIpc) is 1.96. The van der Waals surface area contributed by atoms with Crippen LogP contribution >= 0.6 is 0 Å². The van der Waals surface area contributed by atoms with Crippen LogP contribution in [0.4, 0.5) is 0 Å². The lowest BCUT2D eigenvalue weighted by Gasteiger charge is -2.62. The lowest BCUT2D eigenvalue weighted by molar-refractivity contribution is -0.185. The molecular weight excluding hydrogens is 172 g/mol. The molecule has 0 aliphatic heterocycles. The van der Waals surface area contributed by atoms with Gasteiger partial charge in [-0.2, -0.15) is 0 Å². The predicted octanol–water partition coefficient (Wildman–Crippen LogP) is 3.22. The third-order valence-corrected chi connectivity index (χ3v) is 5.24. The largest absolute Gasteiger partial charge is 0.390 e. The van der Waals surface area contributed by atoms with Crippen LogP contribution in [0.2, 0.25) is 0 Å². The van der Waals surface area contributed by atoms with Gasteiger partial charge in [0.1, 0.15) is 0 Å². The van der Waals surface area contributed by atoms with E-state index >= 15 is 0 Å². The summed E-state index contributed by atoms with van der Waals surface area (Å²) in [5.41, 5.74) is 0.214. The summed E-state index contributed by atoms with van der Waals surface area (Å²) in [6, 6.07) is 0. The predicted molar refractivity (Wildman–Crippen MR) is 59.0 cm³/mol. The number of hydrogen-bond acceptors (Lipinski definition) is 1. The topological polar surface area (TPSA) is 20.2 Å². The third kappa shape index (κ3) is 1.18. The van der Waals surface area contributed by atoms with Gasteiger partial charge in [0.2, 0.25) is 0 Å². The Kier molecular flexibility index (Phi) is 2.06. The van der Waals surface area contributed by atoms with Crippen molar-refractivity contribution in [2.45, 2.75) is 59.0 Å². The molecule has 0 spiro atoms. The Morgan fingerprint density at radius 2 is 1.93 bits per heavy atom. The van der Waals surface area contributed by atoms with Crippen LogP contribution in [0.15, 0.2) is 0 Å². The molecule has 4 fully saturated rings. The Balaban J connectivity index is 0.000000750. The van der Waals surface area contributed by atoms with Gasteiger partial charge in [-0.1, -0.05) is 21.3 Å². The maximum absolute atomic E-state index is 10.4. The summed E-state index contributed by atoms with van der Waals surface area (Å²) < 4.78 is 0. The molecule has 4 aliphatic carbocycles. The van der Waals surface area contributed by atoms with Gasteiger partial charge in [-0.15, -0.1) is 0 Å². The van der Waals surface area contributed by atoms with Crippen molar-refractivity contribution in [2.75, 3.05) is 0 Å². The van der Waals surface area contributed by atoms with Crippen molar-refractivity contribution < 1.29 is 5.11 Å². The van der Waals surface area contributed by atoms with Gasteiger partial charge in [0, 0.05) is 0 Å². The molecule has 4 bridgehead atoms. The standard InChI is InChI=1S/C12H20O.CH4/c1-8-10-3-9-4-11(8,2)7-12(13,5-9)6-10;/h8-10,13H,3-7H2,1-2H3;1H4. The van der Waals surface area contributed by atoms with Crippen molar-refractivity contribution in [1.82, 2.24) is 0 Å². The third-order valence-electron chi connectivity index (χ3n) is 5.24. The van der Waals surface area contributed by atoms with Crippen molar-refractivity contribution in [1.29, 1.82) is 0 Å². The van der Waals surface area contributed by atoms with Crippen molar-refractivity contribution in [2.24, 2.45) is 23.2 Å². The minimum absolute atomic E-state index is 0. The molecule has 0 heterocycles.